The van der Waals surface area contributed by atoms with E-state index in [2.05, 4.69) is 19.1 Å². The van der Waals surface area contributed by atoms with Gasteiger partial charge in [0.2, 0.25) is 0 Å². The molecule has 15 heavy (non-hydrogen) atoms. The first-order chi connectivity index (χ1) is 7.26. The van der Waals surface area contributed by atoms with Gasteiger partial charge in [-0.15, -0.1) is 11.8 Å². The van der Waals surface area contributed by atoms with Crippen molar-refractivity contribution in [2.75, 3.05) is 13.4 Å². The molecule has 0 bridgehead atoms. The number of hydrogen-bond donors (Lipinski definition) is 0. The Kier molecular flexibility index (Phi) is 4.51. The lowest BCUT2D eigenvalue weighted by Crippen LogP contribution is -1.95. The average molecular weight is 221 g/mol. The monoisotopic (exact) mass is 221 g/mol. The zero-order valence-electron chi connectivity index (χ0n) is 9.33. The van der Waals surface area contributed by atoms with Gasteiger partial charge in [0, 0.05) is 4.90 Å². The quantitative estimate of drug-likeness (QED) is 0.733. The van der Waals surface area contributed by atoms with Crippen LogP contribution in [0.3, 0.4) is 0 Å². The molecule has 0 saturated heterocycles. The molecule has 0 aliphatic carbocycles. The SMILES string of the molecule is CCc1cc(SC)c(CC#N)cc1OC. The normalized spacial score (nSPS) is 9.73. The Bertz CT molecular complexity index is 382. The highest BCUT2D eigenvalue weighted by molar-refractivity contribution is 7.98. The minimum atomic E-state index is 0.441. The number of aryl methyl sites for hydroxylation is 1. The summed E-state index contributed by atoms with van der Waals surface area (Å²) in [5.74, 6) is 0.889. The molecule has 0 radical (unpaired) electrons. The number of benzene rings is 1. The molecule has 0 fully saturated rings. The second-order valence-corrected chi connectivity index (χ2v) is 4.01. The van der Waals surface area contributed by atoms with Gasteiger partial charge in [0.1, 0.15) is 5.75 Å². The van der Waals surface area contributed by atoms with Crippen molar-refractivity contribution < 1.29 is 4.74 Å². The number of rotatable bonds is 4. The fourth-order valence-corrected chi connectivity index (χ4v) is 2.18. The highest BCUT2D eigenvalue weighted by atomic mass is 32.2. The molecule has 80 valence electrons. The summed E-state index contributed by atoms with van der Waals surface area (Å²) in [7, 11) is 1.67. The summed E-state index contributed by atoms with van der Waals surface area (Å²) in [6.45, 7) is 2.10. The molecular weight excluding hydrogens is 206 g/mol. The van der Waals surface area contributed by atoms with E-state index in [1.165, 1.54) is 10.5 Å². The summed E-state index contributed by atoms with van der Waals surface area (Å²) < 4.78 is 5.30. The number of ether oxygens (including phenoxy) is 1. The molecule has 0 N–H and O–H groups in total. The van der Waals surface area contributed by atoms with E-state index in [0.717, 1.165) is 17.7 Å². The van der Waals surface area contributed by atoms with Gasteiger partial charge in [0.15, 0.2) is 0 Å². The van der Waals surface area contributed by atoms with Crippen LogP contribution in [0.5, 0.6) is 5.75 Å². The highest BCUT2D eigenvalue weighted by Crippen LogP contribution is 2.29. The molecule has 0 aromatic heterocycles. The van der Waals surface area contributed by atoms with Gasteiger partial charge in [-0.05, 0) is 35.9 Å². The molecule has 0 saturated carbocycles. The highest BCUT2D eigenvalue weighted by Gasteiger charge is 2.08. The standard InChI is InChI=1S/C12H15NOS/c1-4-9-8-12(15-3)10(5-6-13)7-11(9)14-2/h7-8H,4-5H2,1-3H3. The average Bonchev–Trinajstić information content (AvgIpc) is 2.28. The first-order valence-corrected chi connectivity index (χ1v) is 6.10. The first kappa shape index (κ1) is 11.9. The Morgan fingerprint density at radius 3 is 2.60 bits per heavy atom. The minimum Gasteiger partial charge on any atom is -0.496 e. The van der Waals surface area contributed by atoms with Gasteiger partial charge >= 0.3 is 0 Å². The fraction of sp³-hybridized carbons (Fsp3) is 0.417. The van der Waals surface area contributed by atoms with Crippen molar-refractivity contribution in [1.82, 2.24) is 0 Å². The van der Waals surface area contributed by atoms with E-state index in [0.29, 0.717) is 6.42 Å². The lowest BCUT2D eigenvalue weighted by Gasteiger charge is -2.11. The van der Waals surface area contributed by atoms with E-state index in [1.54, 1.807) is 18.9 Å². The molecule has 3 heteroatoms. The third-order valence-electron chi connectivity index (χ3n) is 2.33. The summed E-state index contributed by atoms with van der Waals surface area (Å²) in [4.78, 5) is 1.18. The molecule has 0 amide bonds. The lowest BCUT2D eigenvalue weighted by atomic mass is 10.1. The lowest BCUT2D eigenvalue weighted by molar-refractivity contribution is 0.409. The third kappa shape index (κ3) is 2.66. The van der Waals surface area contributed by atoms with Crippen LogP contribution in [-0.2, 0) is 12.8 Å². The van der Waals surface area contributed by atoms with E-state index in [-0.39, 0.29) is 0 Å². The molecule has 0 heterocycles. The maximum absolute atomic E-state index is 8.73. The van der Waals surface area contributed by atoms with Crippen molar-refractivity contribution in [2.24, 2.45) is 0 Å². The number of methoxy groups -OCH3 is 1. The van der Waals surface area contributed by atoms with Crippen LogP contribution in [0.4, 0.5) is 0 Å². The van der Waals surface area contributed by atoms with Crippen LogP contribution in [0, 0.1) is 11.3 Å². The van der Waals surface area contributed by atoms with Crippen LogP contribution in [0.2, 0.25) is 0 Å². The van der Waals surface area contributed by atoms with Crippen LogP contribution in [0.15, 0.2) is 17.0 Å². The van der Waals surface area contributed by atoms with Crippen LogP contribution in [0.25, 0.3) is 0 Å². The zero-order valence-corrected chi connectivity index (χ0v) is 10.1. The molecule has 1 rings (SSSR count). The Morgan fingerprint density at radius 1 is 1.40 bits per heavy atom. The maximum Gasteiger partial charge on any atom is 0.122 e. The van der Waals surface area contributed by atoms with Gasteiger partial charge in [-0.25, -0.2) is 0 Å². The van der Waals surface area contributed by atoms with E-state index in [9.17, 15) is 0 Å². The predicted octanol–water partition coefficient (Wildman–Crippen LogP) is 3.05. The molecule has 0 spiro atoms. The van der Waals surface area contributed by atoms with E-state index in [1.807, 2.05) is 12.3 Å². The summed E-state index contributed by atoms with van der Waals surface area (Å²) in [5.41, 5.74) is 2.25. The number of hydrogen-bond acceptors (Lipinski definition) is 3. The van der Waals surface area contributed by atoms with Crippen molar-refractivity contribution >= 4 is 11.8 Å². The van der Waals surface area contributed by atoms with E-state index >= 15 is 0 Å². The van der Waals surface area contributed by atoms with Gasteiger partial charge in [-0.1, -0.05) is 6.92 Å². The Morgan fingerprint density at radius 2 is 2.13 bits per heavy atom. The van der Waals surface area contributed by atoms with E-state index in [4.69, 9.17) is 10.00 Å². The first-order valence-electron chi connectivity index (χ1n) is 4.87. The topological polar surface area (TPSA) is 33.0 Å². The van der Waals surface area contributed by atoms with Crippen molar-refractivity contribution in [3.8, 4) is 11.8 Å². The van der Waals surface area contributed by atoms with Gasteiger partial charge in [0.05, 0.1) is 19.6 Å². The second kappa shape index (κ2) is 5.67. The molecule has 1 aromatic carbocycles. The predicted molar refractivity (Wildman–Crippen MR) is 63.5 cm³/mol. The molecule has 1 aromatic rings. The summed E-state index contributed by atoms with van der Waals surface area (Å²) >= 11 is 1.68. The van der Waals surface area contributed by atoms with Gasteiger partial charge in [-0.3, -0.25) is 0 Å². The van der Waals surface area contributed by atoms with E-state index < -0.39 is 0 Å². The smallest absolute Gasteiger partial charge is 0.122 e. The molecule has 0 aliphatic heterocycles. The number of thioether (sulfide) groups is 1. The Hall–Kier alpha value is -1.14. The molecular formula is C12H15NOS. The van der Waals surface area contributed by atoms with Crippen molar-refractivity contribution in [1.29, 1.82) is 5.26 Å². The minimum absolute atomic E-state index is 0.441. The van der Waals surface area contributed by atoms with Crippen LogP contribution in [0.1, 0.15) is 18.1 Å². The van der Waals surface area contributed by atoms with Crippen LogP contribution < -0.4 is 4.74 Å². The van der Waals surface area contributed by atoms with Gasteiger partial charge in [0.25, 0.3) is 0 Å². The van der Waals surface area contributed by atoms with Crippen molar-refractivity contribution in [3.05, 3.63) is 23.3 Å². The second-order valence-electron chi connectivity index (χ2n) is 3.16. The number of nitrogens with zero attached hydrogens (tertiary/aromatic N) is 1. The largest absolute Gasteiger partial charge is 0.496 e. The molecule has 2 nitrogen and oxygen atoms in total. The van der Waals surface area contributed by atoms with Gasteiger partial charge in [-0.2, -0.15) is 5.26 Å². The summed E-state index contributed by atoms with van der Waals surface area (Å²) in [6.07, 6.45) is 3.42. The molecule has 0 atom stereocenters. The van der Waals surface area contributed by atoms with Gasteiger partial charge < -0.3 is 4.74 Å². The van der Waals surface area contributed by atoms with Crippen molar-refractivity contribution in [2.45, 2.75) is 24.7 Å². The Balaban J connectivity index is 3.22. The summed E-state index contributed by atoms with van der Waals surface area (Å²) in [5, 5.41) is 8.73. The molecule has 0 unspecified atom stereocenters. The van der Waals surface area contributed by atoms with Crippen molar-refractivity contribution in [3.63, 3.8) is 0 Å². The Labute approximate surface area is 95.3 Å². The third-order valence-corrected chi connectivity index (χ3v) is 3.15. The summed E-state index contributed by atoms with van der Waals surface area (Å²) in [6, 6.07) is 6.28. The molecule has 0 aliphatic rings. The fourth-order valence-electron chi connectivity index (χ4n) is 1.52. The van der Waals surface area contributed by atoms with Crippen LogP contribution in [-0.4, -0.2) is 13.4 Å². The van der Waals surface area contributed by atoms with Crippen LogP contribution >= 0.6 is 11.8 Å². The number of nitriles is 1. The maximum atomic E-state index is 8.73. The zero-order chi connectivity index (χ0) is 11.3.